The molecule has 0 aliphatic rings. The molecule has 0 fully saturated rings. The van der Waals surface area contributed by atoms with Gasteiger partial charge in [-0.1, -0.05) is 36.2 Å². The van der Waals surface area contributed by atoms with Crippen LogP contribution < -0.4 is 0 Å². The van der Waals surface area contributed by atoms with Crippen molar-refractivity contribution in [1.29, 1.82) is 0 Å². The molecule has 2 rings (SSSR count). The summed E-state index contributed by atoms with van der Waals surface area (Å²) in [6.45, 7) is 1.97. The molecule has 2 aromatic rings. The van der Waals surface area contributed by atoms with Gasteiger partial charge in [0.2, 0.25) is 5.78 Å². The van der Waals surface area contributed by atoms with E-state index in [1.807, 2.05) is 13.0 Å². The molecular weight excluding hydrogens is 283 g/mol. The molecule has 19 heavy (non-hydrogen) atoms. The fourth-order valence-corrected chi connectivity index (χ4v) is 2.22. The number of ketones is 1. The van der Waals surface area contributed by atoms with Crippen LogP contribution >= 0.6 is 23.2 Å². The molecule has 1 aromatic carbocycles. The Kier molecular flexibility index (Phi) is 4.40. The summed E-state index contributed by atoms with van der Waals surface area (Å²) in [6.07, 6.45) is 7.52. The number of allylic oxidation sites excluding steroid dienone is 2. The van der Waals surface area contributed by atoms with Crippen molar-refractivity contribution in [1.82, 2.24) is 9.55 Å². The van der Waals surface area contributed by atoms with Crippen LogP contribution in [0.2, 0.25) is 10.0 Å². The number of halogens is 2. The van der Waals surface area contributed by atoms with Gasteiger partial charge < -0.3 is 4.57 Å². The number of Topliss-reactive ketones (excluding diaryl/α,β-unsaturated/α-hetero) is 1. The zero-order chi connectivity index (χ0) is 13.8. The maximum atomic E-state index is 12.5. The summed E-state index contributed by atoms with van der Waals surface area (Å²) in [6, 6.07) is 4.85. The molecule has 0 aliphatic carbocycles. The van der Waals surface area contributed by atoms with E-state index in [0.29, 0.717) is 21.3 Å². The van der Waals surface area contributed by atoms with Crippen molar-refractivity contribution in [2.45, 2.75) is 13.3 Å². The third kappa shape index (κ3) is 3.06. The minimum Gasteiger partial charge on any atom is -0.303 e. The van der Waals surface area contributed by atoms with Gasteiger partial charge in [-0.15, -0.1) is 0 Å². The van der Waals surface area contributed by atoms with Crippen LogP contribution in [0.15, 0.2) is 43.0 Å². The van der Waals surface area contributed by atoms with Crippen LogP contribution in [0.4, 0.5) is 0 Å². The van der Waals surface area contributed by atoms with Crippen LogP contribution in [-0.4, -0.2) is 15.3 Å². The Morgan fingerprint density at radius 1 is 1.42 bits per heavy atom. The van der Waals surface area contributed by atoms with Crippen molar-refractivity contribution in [3.05, 3.63) is 58.6 Å². The second-order valence-corrected chi connectivity index (χ2v) is 4.76. The van der Waals surface area contributed by atoms with Gasteiger partial charge in [-0.2, -0.15) is 0 Å². The van der Waals surface area contributed by atoms with Crippen molar-refractivity contribution in [2.75, 3.05) is 0 Å². The highest BCUT2D eigenvalue weighted by Gasteiger charge is 2.16. The lowest BCUT2D eigenvalue weighted by atomic mass is 10.1. The Morgan fingerprint density at radius 3 is 2.79 bits per heavy atom. The molecule has 0 amide bonds. The molecule has 0 saturated carbocycles. The Labute approximate surface area is 121 Å². The third-order valence-electron chi connectivity index (χ3n) is 2.59. The summed E-state index contributed by atoms with van der Waals surface area (Å²) in [7, 11) is 0. The topological polar surface area (TPSA) is 34.9 Å². The van der Waals surface area contributed by atoms with Crippen LogP contribution in [0.5, 0.6) is 0 Å². The maximum absolute atomic E-state index is 12.5. The van der Waals surface area contributed by atoms with E-state index in [9.17, 15) is 4.79 Å². The van der Waals surface area contributed by atoms with Gasteiger partial charge in [0.1, 0.15) is 0 Å². The molecule has 0 bridgehead atoms. The lowest BCUT2D eigenvalue weighted by Crippen LogP contribution is -2.08. The smallest absolute Gasteiger partial charge is 0.210 e. The zero-order valence-electron chi connectivity index (χ0n) is 10.3. The van der Waals surface area contributed by atoms with Crippen LogP contribution in [0, 0.1) is 0 Å². The fourth-order valence-electron chi connectivity index (χ4n) is 1.72. The van der Waals surface area contributed by atoms with E-state index >= 15 is 0 Å². The Bertz CT molecular complexity index is 618. The molecule has 0 aliphatic heterocycles. The van der Waals surface area contributed by atoms with Crippen LogP contribution in [0.25, 0.3) is 5.70 Å². The molecule has 5 heteroatoms. The molecule has 0 N–H and O–H groups in total. The predicted molar refractivity (Wildman–Crippen MR) is 77.6 cm³/mol. The first kappa shape index (κ1) is 13.8. The number of aromatic nitrogens is 2. The first-order valence-corrected chi connectivity index (χ1v) is 6.57. The highest BCUT2D eigenvalue weighted by Crippen LogP contribution is 2.24. The number of carbonyl (C=O) groups excluding carboxylic acids is 1. The number of benzene rings is 1. The molecule has 0 radical (unpaired) electrons. The van der Waals surface area contributed by atoms with Crippen molar-refractivity contribution in [3.8, 4) is 0 Å². The Balaban J connectivity index is 2.43. The summed E-state index contributed by atoms with van der Waals surface area (Å²) in [5.74, 6) is -0.151. The molecule has 0 unspecified atom stereocenters. The van der Waals surface area contributed by atoms with Crippen LogP contribution in [0.1, 0.15) is 23.7 Å². The second-order valence-electron chi connectivity index (χ2n) is 3.92. The van der Waals surface area contributed by atoms with Gasteiger partial charge in [0, 0.05) is 23.0 Å². The molecular formula is C14H12Cl2N2O. The lowest BCUT2D eigenvalue weighted by Gasteiger charge is -2.09. The summed E-state index contributed by atoms with van der Waals surface area (Å²) in [5, 5.41) is 0.852. The Morgan fingerprint density at radius 2 is 2.21 bits per heavy atom. The maximum Gasteiger partial charge on any atom is 0.210 e. The van der Waals surface area contributed by atoms with Gasteiger partial charge in [-0.05, 0) is 24.6 Å². The number of hydrogen-bond donors (Lipinski definition) is 0. The molecule has 98 valence electrons. The van der Waals surface area contributed by atoms with Gasteiger partial charge in [0.15, 0.2) is 0 Å². The summed E-state index contributed by atoms with van der Waals surface area (Å²) >= 11 is 11.9. The van der Waals surface area contributed by atoms with E-state index in [1.165, 1.54) is 0 Å². The number of carbonyl (C=O) groups is 1. The van der Waals surface area contributed by atoms with Gasteiger partial charge in [-0.25, -0.2) is 4.98 Å². The molecule has 0 atom stereocenters. The molecule has 3 nitrogen and oxygen atoms in total. The van der Waals surface area contributed by atoms with Crippen molar-refractivity contribution in [2.24, 2.45) is 0 Å². The minimum absolute atomic E-state index is 0.151. The van der Waals surface area contributed by atoms with Gasteiger partial charge in [-0.3, -0.25) is 4.79 Å². The lowest BCUT2D eigenvalue weighted by molar-refractivity contribution is 0.105. The highest BCUT2D eigenvalue weighted by atomic mass is 35.5. The first-order chi connectivity index (χ1) is 9.13. The van der Waals surface area contributed by atoms with E-state index in [-0.39, 0.29) is 5.78 Å². The normalized spacial score (nSPS) is 11.6. The average molecular weight is 295 g/mol. The van der Waals surface area contributed by atoms with E-state index < -0.39 is 0 Å². The number of nitrogens with zero attached hydrogens (tertiary/aromatic N) is 2. The van der Waals surface area contributed by atoms with Crippen LogP contribution in [0.3, 0.4) is 0 Å². The minimum atomic E-state index is -0.151. The molecule has 1 aromatic heterocycles. The third-order valence-corrected chi connectivity index (χ3v) is 3.14. The van der Waals surface area contributed by atoms with Gasteiger partial charge >= 0.3 is 0 Å². The zero-order valence-corrected chi connectivity index (χ0v) is 11.8. The van der Waals surface area contributed by atoms with Crippen LogP contribution in [-0.2, 0) is 0 Å². The van der Waals surface area contributed by atoms with E-state index in [2.05, 4.69) is 4.98 Å². The SMILES string of the molecule is CC/C=C(/C(=O)c1ccc(Cl)cc1Cl)n1ccnc1. The number of imidazole rings is 1. The average Bonchev–Trinajstić information content (AvgIpc) is 2.89. The summed E-state index contributed by atoms with van der Waals surface area (Å²) in [5.41, 5.74) is 0.962. The first-order valence-electron chi connectivity index (χ1n) is 5.81. The number of rotatable bonds is 4. The summed E-state index contributed by atoms with van der Waals surface area (Å²) < 4.78 is 1.68. The number of hydrogen-bond acceptors (Lipinski definition) is 2. The highest BCUT2D eigenvalue weighted by molar-refractivity contribution is 6.39. The fraction of sp³-hybridized carbons (Fsp3) is 0.143. The van der Waals surface area contributed by atoms with E-state index in [4.69, 9.17) is 23.2 Å². The van der Waals surface area contributed by atoms with E-state index in [1.54, 1.807) is 41.5 Å². The monoisotopic (exact) mass is 294 g/mol. The largest absolute Gasteiger partial charge is 0.303 e. The predicted octanol–water partition coefficient (Wildman–Crippen LogP) is 4.32. The quantitative estimate of drug-likeness (QED) is 0.622. The Hall–Kier alpha value is -1.58. The second kappa shape index (κ2) is 6.04. The van der Waals surface area contributed by atoms with Gasteiger partial charge in [0.05, 0.1) is 17.0 Å². The van der Waals surface area contributed by atoms with E-state index in [0.717, 1.165) is 6.42 Å². The molecule has 1 heterocycles. The summed E-state index contributed by atoms with van der Waals surface area (Å²) in [4.78, 5) is 16.5. The molecule has 0 spiro atoms. The van der Waals surface area contributed by atoms with Gasteiger partial charge in [0.25, 0.3) is 0 Å². The standard InChI is InChI=1S/C14H12Cl2N2O/c1-2-3-13(18-7-6-17-9-18)14(19)11-5-4-10(15)8-12(11)16/h3-9H,2H2,1H3/b13-3-. The van der Waals surface area contributed by atoms with Crippen molar-refractivity contribution < 1.29 is 4.79 Å². The van der Waals surface area contributed by atoms with Crippen molar-refractivity contribution in [3.63, 3.8) is 0 Å². The molecule has 0 saturated heterocycles. The van der Waals surface area contributed by atoms with Crippen molar-refractivity contribution >= 4 is 34.7 Å².